The number of nitrogens with zero attached hydrogens (tertiary/aromatic N) is 3. The van der Waals surface area contributed by atoms with Crippen molar-refractivity contribution in [2.45, 2.75) is 50.4 Å². The van der Waals surface area contributed by atoms with Crippen LogP contribution in [-0.4, -0.2) is 108 Å². The van der Waals surface area contributed by atoms with Crippen LogP contribution >= 0.6 is 0 Å². The lowest BCUT2D eigenvalue weighted by Gasteiger charge is -2.24. The molecule has 44 heavy (non-hydrogen) atoms. The largest absolute Gasteiger partial charge is 0.480 e. The van der Waals surface area contributed by atoms with Crippen molar-refractivity contribution < 1.29 is 33.9 Å². The fourth-order valence-corrected chi connectivity index (χ4v) is 3.94. The van der Waals surface area contributed by atoms with Crippen LogP contribution in [0.15, 0.2) is 37.6 Å². The van der Waals surface area contributed by atoms with Crippen LogP contribution in [0.3, 0.4) is 0 Å². The summed E-state index contributed by atoms with van der Waals surface area (Å²) in [7, 11) is 0. The minimum absolute atomic E-state index is 0.0650. The molecule has 0 aliphatic heterocycles. The second kappa shape index (κ2) is 16.2. The van der Waals surface area contributed by atoms with E-state index in [1.54, 1.807) is 0 Å². The number of hydrogen-bond acceptors (Lipinski definition) is 10. The number of aromatic amines is 3. The van der Waals surface area contributed by atoms with Gasteiger partial charge in [0.1, 0.15) is 24.2 Å². The van der Waals surface area contributed by atoms with Gasteiger partial charge in [-0.15, -0.1) is 0 Å². The molecule has 0 saturated heterocycles. The Balaban J connectivity index is 1.71. The number of nitrogens with two attached hydrogens (primary N) is 1. The van der Waals surface area contributed by atoms with Crippen molar-refractivity contribution >= 4 is 35.5 Å². The second-order valence-corrected chi connectivity index (χ2v) is 9.63. The average Bonchev–Trinajstić information content (AvgIpc) is 3.79. The molecule has 3 heterocycles. The van der Waals surface area contributed by atoms with E-state index in [9.17, 15) is 33.9 Å². The number of aliphatic carboxylic acids is 1. The van der Waals surface area contributed by atoms with Crippen molar-refractivity contribution in [3.05, 3.63) is 54.7 Å². The summed E-state index contributed by atoms with van der Waals surface area (Å²) in [5, 5.41) is 21.9. The molecular weight excluding hydrogens is 580 g/mol. The Morgan fingerprint density at radius 2 is 1.16 bits per heavy atom. The van der Waals surface area contributed by atoms with Crippen molar-refractivity contribution in [3.63, 3.8) is 0 Å². The Bertz CT molecular complexity index is 1390. The van der Waals surface area contributed by atoms with E-state index in [2.05, 4.69) is 56.5 Å². The summed E-state index contributed by atoms with van der Waals surface area (Å²) >= 11 is 0. The van der Waals surface area contributed by atoms with Gasteiger partial charge >= 0.3 is 5.97 Å². The first-order valence-electron chi connectivity index (χ1n) is 13.4. The van der Waals surface area contributed by atoms with Crippen LogP contribution < -0.4 is 32.3 Å². The van der Waals surface area contributed by atoms with Gasteiger partial charge in [-0.05, 0) is 6.92 Å². The Kier molecular flexibility index (Phi) is 12.1. The highest BCUT2D eigenvalue weighted by Crippen LogP contribution is 2.05. The van der Waals surface area contributed by atoms with E-state index < -0.39 is 66.2 Å². The number of carbonyl (C=O) groups is 6. The Labute approximate surface area is 250 Å². The van der Waals surface area contributed by atoms with E-state index in [4.69, 9.17) is 5.73 Å². The summed E-state index contributed by atoms with van der Waals surface area (Å²) in [4.78, 5) is 95.2. The lowest BCUT2D eigenvalue weighted by molar-refractivity contribution is -0.142. The second-order valence-electron chi connectivity index (χ2n) is 9.63. The molecule has 0 bridgehead atoms. The zero-order valence-electron chi connectivity index (χ0n) is 23.6. The minimum Gasteiger partial charge on any atom is -0.480 e. The molecule has 0 spiro atoms. The van der Waals surface area contributed by atoms with Crippen molar-refractivity contribution in [2.24, 2.45) is 5.73 Å². The number of carbonyl (C=O) groups excluding carboxylic acids is 5. The van der Waals surface area contributed by atoms with Crippen molar-refractivity contribution in [2.75, 3.05) is 13.1 Å². The van der Waals surface area contributed by atoms with Gasteiger partial charge in [-0.3, -0.25) is 24.0 Å². The lowest BCUT2D eigenvalue weighted by Crippen LogP contribution is -2.58. The molecule has 236 valence electrons. The molecule has 4 atom stereocenters. The summed E-state index contributed by atoms with van der Waals surface area (Å²) in [5.74, 6) is -4.83. The third-order valence-electron chi connectivity index (χ3n) is 6.22. The maximum Gasteiger partial charge on any atom is 0.326 e. The minimum atomic E-state index is -1.34. The molecule has 0 aliphatic rings. The molecule has 11 N–H and O–H groups in total. The van der Waals surface area contributed by atoms with Crippen LogP contribution in [0.5, 0.6) is 0 Å². The quantitative estimate of drug-likeness (QED) is 0.0699. The first-order valence-corrected chi connectivity index (χ1v) is 13.4. The van der Waals surface area contributed by atoms with Gasteiger partial charge in [0, 0.05) is 54.9 Å². The fourth-order valence-electron chi connectivity index (χ4n) is 3.94. The predicted molar refractivity (Wildman–Crippen MR) is 150 cm³/mol. The molecule has 0 unspecified atom stereocenters. The van der Waals surface area contributed by atoms with Gasteiger partial charge in [-0.2, -0.15) is 0 Å². The highest BCUT2D eigenvalue weighted by molar-refractivity contribution is 5.95. The highest BCUT2D eigenvalue weighted by Gasteiger charge is 2.31. The maximum atomic E-state index is 13.5. The molecule has 19 nitrogen and oxygen atoms in total. The molecule has 0 aromatic carbocycles. The molecule has 0 fully saturated rings. The number of amides is 5. The van der Waals surface area contributed by atoms with Crippen LogP contribution in [0.2, 0.25) is 0 Å². The SMILES string of the molecule is C[C@H](NC(=O)CN)C(=O)NCC(=O)N[C@@H](Cc1cnc[nH]1)C(=O)N[C@@H](Cc1cnc[nH]1)C(=O)N[C@@H](Cc1cnc[nH]1)C(=O)O. The Hall–Kier alpha value is -5.59. The smallest absolute Gasteiger partial charge is 0.326 e. The maximum absolute atomic E-state index is 13.5. The third-order valence-corrected chi connectivity index (χ3v) is 6.22. The highest BCUT2D eigenvalue weighted by atomic mass is 16.4. The predicted octanol–water partition coefficient (Wildman–Crippen LogP) is -4.00. The van der Waals surface area contributed by atoms with E-state index in [0.717, 1.165) is 0 Å². The van der Waals surface area contributed by atoms with Gasteiger partial charge in [-0.25, -0.2) is 19.7 Å². The van der Waals surface area contributed by atoms with Gasteiger partial charge in [0.2, 0.25) is 29.5 Å². The number of carboxylic acids is 1. The Morgan fingerprint density at radius 3 is 1.59 bits per heavy atom. The normalized spacial score (nSPS) is 13.5. The zero-order valence-corrected chi connectivity index (χ0v) is 23.6. The molecule has 3 rings (SSSR count). The summed E-state index contributed by atoms with van der Waals surface area (Å²) < 4.78 is 0. The number of H-pyrrole nitrogens is 3. The monoisotopic (exact) mass is 614 g/mol. The van der Waals surface area contributed by atoms with Crippen molar-refractivity contribution in [1.29, 1.82) is 0 Å². The van der Waals surface area contributed by atoms with Crippen LogP contribution in [0, 0.1) is 0 Å². The number of hydrogen-bond donors (Lipinski definition) is 10. The van der Waals surface area contributed by atoms with Crippen LogP contribution in [0.1, 0.15) is 24.0 Å². The van der Waals surface area contributed by atoms with Gasteiger partial charge in [0.25, 0.3) is 0 Å². The van der Waals surface area contributed by atoms with E-state index in [1.807, 2.05) is 0 Å². The summed E-state index contributed by atoms with van der Waals surface area (Å²) in [6.45, 7) is 0.563. The molecule has 0 radical (unpaired) electrons. The van der Waals surface area contributed by atoms with Crippen LogP contribution in [0.4, 0.5) is 0 Å². The van der Waals surface area contributed by atoms with E-state index in [1.165, 1.54) is 44.5 Å². The molecule has 3 aromatic rings. The number of imidazole rings is 3. The standard InChI is InChI=1S/C25H34N12O7/c1-13(34-20(38)5-26)22(40)30-9-21(39)35-17(2-14-6-27-10-31-14)23(41)36-18(3-15-7-28-11-32-15)24(42)37-19(25(43)44)4-16-8-29-12-33-16/h6-8,10-13,17-19H,2-5,9,26H2,1H3,(H,27,31)(H,28,32)(H,29,33)(H,30,40)(H,34,38)(H,35,39)(H,36,41)(H,37,42)(H,43,44)/t13-,17-,18-,19-/m0/s1. The molecule has 5 amide bonds. The topological polar surface area (TPSA) is 295 Å². The number of carboxylic acid groups (broad SMARTS) is 1. The van der Waals surface area contributed by atoms with Gasteiger partial charge in [0.05, 0.1) is 32.1 Å². The van der Waals surface area contributed by atoms with Crippen molar-refractivity contribution in [3.8, 4) is 0 Å². The first kappa shape index (κ1) is 32.9. The van der Waals surface area contributed by atoms with E-state index in [-0.39, 0.29) is 25.8 Å². The Morgan fingerprint density at radius 1 is 0.705 bits per heavy atom. The average molecular weight is 615 g/mol. The van der Waals surface area contributed by atoms with Gasteiger partial charge in [0.15, 0.2) is 0 Å². The van der Waals surface area contributed by atoms with Crippen LogP contribution in [-0.2, 0) is 48.0 Å². The van der Waals surface area contributed by atoms with Crippen molar-refractivity contribution in [1.82, 2.24) is 56.5 Å². The first-order chi connectivity index (χ1) is 21.0. The van der Waals surface area contributed by atoms with E-state index in [0.29, 0.717) is 17.1 Å². The number of rotatable bonds is 17. The summed E-state index contributed by atoms with van der Waals surface area (Å²) in [6.07, 6.45) is 8.19. The lowest BCUT2D eigenvalue weighted by atomic mass is 10.1. The molecule has 19 heteroatoms. The fraction of sp³-hybridized carbons (Fsp3) is 0.400. The van der Waals surface area contributed by atoms with Gasteiger partial charge < -0.3 is 52.4 Å². The number of nitrogens with one attached hydrogen (secondary N) is 8. The summed E-state index contributed by atoms with van der Waals surface area (Å²) in [6, 6.07) is -4.83. The van der Waals surface area contributed by atoms with E-state index >= 15 is 0 Å². The molecule has 3 aromatic heterocycles. The van der Waals surface area contributed by atoms with Crippen LogP contribution in [0.25, 0.3) is 0 Å². The molecule has 0 aliphatic carbocycles. The zero-order chi connectivity index (χ0) is 32.1. The third kappa shape index (κ3) is 10.4. The molecule has 0 saturated carbocycles. The molecular formula is C25H34N12O7. The summed E-state index contributed by atoms with van der Waals surface area (Å²) in [5.41, 5.74) is 6.64. The van der Waals surface area contributed by atoms with Gasteiger partial charge in [-0.1, -0.05) is 0 Å². The number of aromatic nitrogens is 6.